The fourth-order valence-electron chi connectivity index (χ4n) is 15.8. The average Bonchev–Trinajstić information content (AvgIpc) is 0.870. The first-order valence-electron chi connectivity index (χ1n) is 41.5. The molecule has 15 aromatic carbocycles. The number of rotatable bonds is 9. The molecular formula is C94H65BN4O. The van der Waals surface area contributed by atoms with Gasteiger partial charge in [-0.15, -0.1) is 0 Å². The highest BCUT2D eigenvalue weighted by Gasteiger charge is 2.46. The van der Waals surface area contributed by atoms with Crippen molar-refractivity contribution in [3.63, 3.8) is 0 Å². The van der Waals surface area contributed by atoms with Crippen molar-refractivity contribution in [1.29, 1.82) is 0 Å². The van der Waals surface area contributed by atoms with Crippen LogP contribution < -0.4 is 26.2 Å². The highest BCUT2D eigenvalue weighted by atomic mass is 16.3. The molecular weight excluding hydrogens is 1210 g/mol. The maximum absolute atomic E-state index is 9.87. The van der Waals surface area contributed by atoms with E-state index in [1.54, 1.807) is 9.13 Å². The highest BCUT2D eigenvalue weighted by Crippen LogP contribution is 2.55. The summed E-state index contributed by atoms with van der Waals surface area (Å²) >= 11 is 0. The highest BCUT2D eigenvalue weighted by molar-refractivity contribution is 7.00. The monoisotopic (exact) mass is 1290 g/mol. The van der Waals surface area contributed by atoms with Crippen molar-refractivity contribution in [2.24, 2.45) is 0 Å². The standard InChI is InChI=1S/C94H65BN4O/c1-94(2,3)78-55-64(54-77-76-40-20-25-49-89(76)100-93(77)78)65-56-87-90-88(57-65)99(92-70(62-32-12-6-13-33-62)43-27-44-71(92)63-34-14-7-15-35-63)86-59-67(97-83-47-23-18-38-74(83)75-39-19-24-48-84(75)97)51-53-80(86)95(90)79-52-50-66(96-81-45-21-16-36-72(81)73-37-17-22-46-82(73)96)58-85(79)98(87)91-68(60-28-8-4-9-29-60)41-26-42-69(91)61-30-10-5-11-31-61/h4-59H,1-3H3/i16D,17D,18D,19D,21D,22D,23D,24D,36D,37D,38D,39D,45D,46D,47D,48D. The number of anilines is 6. The van der Waals surface area contributed by atoms with Crippen molar-refractivity contribution in [3.8, 4) is 67.0 Å². The molecule has 0 unspecified atom stereocenters. The maximum Gasteiger partial charge on any atom is 0.252 e. The second kappa shape index (κ2) is 22.5. The predicted molar refractivity (Wildman–Crippen MR) is 422 cm³/mol. The second-order valence-corrected chi connectivity index (χ2v) is 26.7. The third-order valence-corrected chi connectivity index (χ3v) is 20.1. The SMILES string of the molecule is [2H]c1c([2H])c([2H])c2c(c1[2H])c1c([2H])c([2H])c([2H])c([2H])c1n2-c1ccc2c(c1)N(c1c(-c3ccccc3)cccc1-c1ccccc1)c1cc(-c3cc(C(C)(C)C)c4oc5ccccc5c4c3)cc3c1B2c1ccc(-n2c4c([2H])c([2H])c([2H])c([2H])c4c4c([2H])c([2H])c([2H])c([2H])c42)cc1N3c1c(-c2ccccc2)cccc1-c1ccccc1. The number of aromatic nitrogens is 2. The molecule has 0 atom stereocenters. The van der Waals surface area contributed by atoms with Gasteiger partial charge in [0.15, 0.2) is 0 Å². The molecule has 470 valence electrons. The third kappa shape index (κ3) is 8.83. The third-order valence-electron chi connectivity index (χ3n) is 20.1. The quantitative estimate of drug-likeness (QED) is 0.135. The molecule has 5 nitrogen and oxygen atoms in total. The lowest BCUT2D eigenvalue weighted by molar-refractivity contribution is 0.573. The Morgan fingerprint density at radius 1 is 0.320 bits per heavy atom. The van der Waals surface area contributed by atoms with Crippen LogP contribution in [-0.2, 0) is 5.41 Å². The van der Waals surface area contributed by atoms with Crippen LogP contribution in [0.25, 0.3) is 133 Å². The van der Waals surface area contributed by atoms with E-state index in [-0.39, 0.29) is 43.6 Å². The Morgan fingerprint density at radius 3 is 1.09 bits per heavy atom. The zero-order valence-corrected chi connectivity index (χ0v) is 54.4. The topological polar surface area (TPSA) is 29.5 Å². The summed E-state index contributed by atoms with van der Waals surface area (Å²) in [5, 5.41) is 1.47. The van der Waals surface area contributed by atoms with Crippen LogP contribution in [-0.4, -0.2) is 15.8 Å². The number of furan rings is 1. The van der Waals surface area contributed by atoms with Gasteiger partial charge in [-0.1, -0.05) is 281 Å². The molecule has 3 aromatic heterocycles. The first-order chi connectivity index (χ1) is 55.9. The van der Waals surface area contributed by atoms with Gasteiger partial charge in [-0.05, 0) is 134 Å². The lowest BCUT2D eigenvalue weighted by atomic mass is 9.33. The van der Waals surface area contributed by atoms with Crippen LogP contribution in [0.2, 0.25) is 0 Å². The fourth-order valence-corrected chi connectivity index (χ4v) is 15.8. The summed E-state index contributed by atoms with van der Waals surface area (Å²) in [6.07, 6.45) is 0. The molecule has 0 saturated heterocycles. The molecule has 100 heavy (non-hydrogen) atoms. The Morgan fingerprint density at radius 2 is 0.690 bits per heavy atom. The first kappa shape index (κ1) is 43.5. The van der Waals surface area contributed by atoms with Crippen LogP contribution >= 0.6 is 0 Å². The van der Waals surface area contributed by atoms with Crippen molar-refractivity contribution in [2.45, 2.75) is 26.2 Å². The lowest BCUT2D eigenvalue weighted by Gasteiger charge is -2.46. The van der Waals surface area contributed by atoms with Gasteiger partial charge in [-0.3, -0.25) is 0 Å². The van der Waals surface area contributed by atoms with Gasteiger partial charge in [0.1, 0.15) is 11.2 Å². The van der Waals surface area contributed by atoms with Crippen molar-refractivity contribution in [2.75, 3.05) is 9.80 Å². The first-order valence-corrected chi connectivity index (χ1v) is 33.5. The summed E-state index contributed by atoms with van der Waals surface area (Å²) in [5.41, 5.74) is 16.9. The summed E-state index contributed by atoms with van der Waals surface area (Å²) in [5.74, 6) is 0. The Labute approximate surface area is 603 Å². The predicted octanol–water partition coefficient (Wildman–Crippen LogP) is 23.5. The van der Waals surface area contributed by atoms with E-state index in [2.05, 4.69) is 146 Å². The molecule has 0 N–H and O–H groups in total. The molecule has 0 saturated carbocycles. The molecule has 0 radical (unpaired) electrons. The Balaban J connectivity index is 1.02. The van der Waals surface area contributed by atoms with Crippen LogP contribution in [0.3, 0.4) is 0 Å². The number of nitrogens with zero attached hydrogens (tertiary/aromatic N) is 4. The van der Waals surface area contributed by atoms with Crippen LogP contribution in [0.15, 0.2) is 344 Å². The van der Waals surface area contributed by atoms with E-state index in [4.69, 9.17) is 9.90 Å². The maximum atomic E-state index is 9.87. The molecule has 0 bridgehead atoms. The summed E-state index contributed by atoms with van der Waals surface area (Å²) in [4.78, 5) is 4.60. The zero-order valence-electron chi connectivity index (χ0n) is 70.4. The molecule has 0 fully saturated rings. The van der Waals surface area contributed by atoms with Crippen LogP contribution in [0.4, 0.5) is 34.1 Å². The number of hydrogen-bond acceptors (Lipinski definition) is 3. The zero-order chi connectivity index (χ0) is 80.2. The Kier molecular flexibility index (Phi) is 9.78. The number of hydrogen-bond donors (Lipinski definition) is 0. The lowest BCUT2D eigenvalue weighted by Crippen LogP contribution is -2.61. The molecule has 20 rings (SSSR count). The number of benzene rings is 15. The van der Waals surface area contributed by atoms with E-state index in [9.17, 15) is 16.4 Å². The number of para-hydroxylation sites is 7. The van der Waals surface area contributed by atoms with Crippen LogP contribution in [0, 0.1) is 0 Å². The smallest absolute Gasteiger partial charge is 0.252 e. The molecule has 5 heterocycles. The van der Waals surface area contributed by atoms with Crippen LogP contribution in [0.5, 0.6) is 0 Å². The fraction of sp³-hybridized carbons (Fsp3) is 0.0426. The van der Waals surface area contributed by atoms with Gasteiger partial charge in [0.2, 0.25) is 0 Å². The molecule has 2 aliphatic heterocycles. The normalized spacial score (nSPS) is 14.9. The average molecular weight is 1290 g/mol. The second-order valence-electron chi connectivity index (χ2n) is 26.7. The summed E-state index contributed by atoms with van der Waals surface area (Å²) in [6, 6.07) is 73.4. The largest absolute Gasteiger partial charge is 0.456 e. The van der Waals surface area contributed by atoms with Gasteiger partial charge in [-0.25, -0.2) is 0 Å². The number of fused-ring (bicyclic) bond motifs is 13. The van der Waals surface area contributed by atoms with E-state index in [0.29, 0.717) is 39.7 Å². The molecule has 0 amide bonds. The molecule has 0 aliphatic carbocycles. The van der Waals surface area contributed by atoms with Crippen LogP contribution in [0.1, 0.15) is 48.3 Å². The van der Waals surface area contributed by atoms with E-state index in [1.807, 2.05) is 127 Å². The van der Waals surface area contributed by atoms with Gasteiger partial charge in [0.05, 0.1) is 55.4 Å². The molecule has 18 aromatic rings. The van der Waals surface area contributed by atoms with E-state index in [1.165, 1.54) is 0 Å². The minimum atomic E-state index is -0.797. The molecule has 2 aliphatic rings. The summed E-state index contributed by atoms with van der Waals surface area (Å²) in [6.45, 7) is 5.72. The van der Waals surface area contributed by atoms with Crippen molar-refractivity contribution in [1.82, 2.24) is 9.13 Å². The summed E-state index contributed by atoms with van der Waals surface area (Å²) in [7, 11) is 0. The van der Waals surface area contributed by atoms with Gasteiger partial charge in [0.25, 0.3) is 6.71 Å². The minimum absolute atomic E-state index is 0.0611. The Bertz CT molecular complexity index is 6710. The van der Waals surface area contributed by atoms with Gasteiger partial charge in [-0.2, -0.15) is 0 Å². The molecule has 6 heteroatoms. The van der Waals surface area contributed by atoms with E-state index in [0.717, 1.165) is 105 Å². The molecule has 0 spiro atoms. The van der Waals surface area contributed by atoms with Gasteiger partial charge >= 0.3 is 0 Å². The minimum Gasteiger partial charge on any atom is -0.456 e. The van der Waals surface area contributed by atoms with Crippen molar-refractivity contribution in [3.05, 3.63) is 345 Å². The van der Waals surface area contributed by atoms with E-state index >= 15 is 0 Å². The Hall–Kier alpha value is -12.6. The van der Waals surface area contributed by atoms with Crippen molar-refractivity contribution < 1.29 is 26.3 Å². The van der Waals surface area contributed by atoms with Crippen molar-refractivity contribution >= 4 is 123 Å². The van der Waals surface area contributed by atoms with Gasteiger partial charge in [0, 0.05) is 94.3 Å². The van der Waals surface area contributed by atoms with Gasteiger partial charge < -0.3 is 23.4 Å². The summed E-state index contributed by atoms with van der Waals surface area (Å²) < 4.78 is 161. The van der Waals surface area contributed by atoms with E-state index < -0.39 is 109 Å².